The van der Waals surface area contributed by atoms with E-state index in [0.717, 1.165) is 18.9 Å². The highest BCUT2D eigenvalue weighted by molar-refractivity contribution is 5.37. The molecule has 3 nitrogen and oxygen atoms in total. The lowest BCUT2D eigenvalue weighted by Crippen LogP contribution is -2.37. The molecule has 0 fully saturated rings. The van der Waals surface area contributed by atoms with Crippen molar-refractivity contribution in [3.05, 3.63) is 29.8 Å². The Morgan fingerprint density at radius 3 is 2.24 bits per heavy atom. The number of nitrogens with one attached hydrogen (secondary N) is 1. The highest BCUT2D eigenvalue weighted by Crippen LogP contribution is 2.32. The highest BCUT2D eigenvalue weighted by atomic mass is 16.5. The van der Waals surface area contributed by atoms with E-state index >= 15 is 0 Å². The van der Waals surface area contributed by atoms with Gasteiger partial charge in [-0.15, -0.1) is 0 Å². The second kappa shape index (κ2) is 9.06. The van der Waals surface area contributed by atoms with Crippen LogP contribution in [0.3, 0.4) is 0 Å². The third-order valence-electron chi connectivity index (χ3n) is 3.39. The summed E-state index contributed by atoms with van der Waals surface area (Å²) in [5, 5.41) is 3.57. The zero-order valence-corrected chi connectivity index (χ0v) is 14.3. The standard InChI is InChI=1S/C18H31NO2/c1-7-19-17(18(13(3)4)20-8-2)15-11-9-10-12-16(15)21-14(5)6/h9-14,17-19H,7-8H2,1-6H3. The van der Waals surface area contributed by atoms with Gasteiger partial charge in [0.2, 0.25) is 0 Å². The van der Waals surface area contributed by atoms with E-state index in [1.165, 1.54) is 5.56 Å². The molecule has 0 saturated heterocycles. The van der Waals surface area contributed by atoms with Crippen LogP contribution in [0.1, 0.15) is 53.1 Å². The summed E-state index contributed by atoms with van der Waals surface area (Å²) in [6, 6.07) is 8.42. The van der Waals surface area contributed by atoms with Gasteiger partial charge in [-0.05, 0) is 39.3 Å². The van der Waals surface area contributed by atoms with E-state index in [1.54, 1.807) is 0 Å². The SMILES string of the molecule is CCNC(c1ccccc1OC(C)C)C(OCC)C(C)C. The highest BCUT2D eigenvalue weighted by Gasteiger charge is 2.28. The Bertz CT molecular complexity index is 404. The molecule has 0 saturated carbocycles. The van der Waals surface area contributed by atoms with Crippen LogP contribution in [0.15, 0.2) is 24.3 Å². The topological polar surface area (TPSA) is 30.5 Å². The average molecular weight is 293 g/mol. The molecule has 3 heteroatoms. The van der Waals surface area contributed by atoms with E-state index in [4.69, 9.17) is 9.47 Å². The Morgan fingerprint density at radius 2 is 1.71 bits per heavy atom. The van der Waals surface area contributed by atoms with Crippen molar-refractivity contribution in [1.29, 1.82) is 0 Å². The second-order valence-corrected chi connectivity index (χ2v) is 5.90. The van der Waals surface area contributed by atoms with Gasteiger partial charge in [0.25, 0.3) is 0 Å². The molecule has 120 valence electrons. The smallest absolute Gasteiger partial charge is 0.124 e. The molecule has 1 aromatic rings. The van der Waals surface area contributed by atoms with Crippen molar-refractivity contribution >= 4 is 0 Å². The lowest BCUT2D eigenvalue weighted by atomic mass is 9.92. The first-order chi connectivity index (χ1) is 10.0. The number of hydrogen-bond donors (Lipinski definition) is 1. The molecule has 1 rings (SSSR count). The summed E-state index contributed by atoms with van der Waals surface area (Å²) in [6.07, 6.45) is 0.296. The Kier molecular flexibility index (Phi) is 7.76. The Hall–Kier alpha value is -1.06. The predicted octanol–water partition coefficient (Wildman–Crippen LogP) is 4.19. The summed E-state index contributed by atoms with van der Waals surface area (Å²) in [5.41, 5.74) is 1.18. The summed E-state index contributed by atoms with van der Waals surface area (Å²) >= 11 is 0. The van der Waals surface area contributed by atoms with Crippen LogP contribution in [0.5, 0.6) is 5.75 Å². The average Bonchev–Trinajstić information content (AvgIpc) is 2.42. The summed E-state index contributed by atoms with van der Waals surface area (Å²) in [5.74, 6) is 1.38. The van der Waals surface area contributed by atoms with Crippen molar-refractivity contribution in [2.75, 3.05) is 13.2 Å². The van der Waals surface area contributed by atoms with Crippen molar-refractivity contribution < 1.29 is 9.47 Å². The van der Waals surface area contributed by atoms with Crippen LogP contribution in [0.4, 0.5) is 0 Å². The van der Waals surface area contributed by atoms with Gasteiger partial charge in [0, 0.05) is 12.2 Å². The summed E-state index contributed by atoms with van der Waals surface area (Å²) in [4.78, 5) is 0. The van der Waals surface area contributed by atoms with E-state index in [9.17, 15) is 0 Å². The summed E-state index contributed by atoms with van der Waals surface area (Å²) in [6.45, 7) is 14.3. The van der Waals surface area contributed by atoms with Crippen LogP contribution < -0.4 is 10.1 Å². The zero-order chi connectivity index (χ0) is 15.8. The number of hydrogen-bond acceptors (Lipinski definition) is 3. The van der Waals surface area contributed by atoms with Crippen molar-refractivity contribution in [3.8, 4) is 5.75 Å². The minimum atomic E-state index is 0.131. The number of rotatable bonds is 9. The fourth-order valence-corrected chi connectivity index (χ4v) is 2.59. The van der Waals surface area contributed by atoms with Gasteiger partial charge in [0.15, 0.2) is 0 Å². The van der Waals surface area contributed by atoms with Crippen LogP contribution >= 0.6 is 0 Å². The molecule has 0 aromatic heterocycles. The maximum absolute atomic E-state index is 6.01. The van der Waals surface area contributed by atoms with Gasteiger partial charge in [-0.1, -0.05) is 39.0 Å². The van der Waals surface area contributed by atoms with Crippen LogP contribution in [-0.4, -0.2) is 25.4 Å². The number of ether oxygens (including phenoxy) is 2. The van der Waals surface area contributed by atoms with Crippen LogP contribution in [0.2, 0.25) is 0 Å². The van der Waals surface area contributed by atoms with Crippen molar-refractivity contribution in [2.45, 2.75) is 59.8 Å². The third-order valence-corrected chi connectivity index (χ3v) is 3.39. The van der Waals surface area contributed by atoms with Crippen molar-refractivity contribution in [3.63, 3.8) is 0 Å². The van der Waals surface area contributed by atoms with E-state index < -0.39 is 0 Å². The number of benzene rings is 1. The maximum atomic E-state index is 6.01. The molecular formula is C18H31NO2. The molecule has 0 spiro atoms. The lowest BCUT2D eigenvalue weighted by Gasteiger charge is -2.32. The molecule has 0 heterocycles. The van der Waals surface area contributed by atoms with Crippen molar-refractivity contribution in [2.24, 2.45) is 5.92 Å². The fourth-order valence-electron chi connectivity index (χ4n) is 2.59. The van der Waals surface area contributed by atoms with Gasteiger partial charge >= 0.3 is 0 Å². The Labute approximate surface area is 130 Å². The molecule has 0 aliphatic rings. The molecule has 1 N–H and O–H groups in total. The molecule has 0 amide bonds. The van der Waals surface area contributed by atoms with Crippen molar-refractivity contribution in [1.82, 2.24) is 5.32 Å². The van der Waals surface area contributed by atoms with Crippen LogP contribution in [0.25, 0.3) is 0 Å². The van der Waals surface area contributed by atoms with E-state index in [-0.39, 0.29) is 18.2 Å². The predicted molar refractivity (Wildman–Crippen MR) is 88.9 cm³/mol. The first kappa shape index (κ1) is 18.0. The molecular weight excluding hydrogens is 262 g/mol. The molecule has 0 aliphatic carbocycles. The van der Waals surface area contributed by atoms with Gasteiger partial charge in [-0.2, -0.15) is 0 Å². The van der Waals surface area contributed by atoms with Gasteiger partial charge in [0.1, 0.15) is 5.75 Å². The lowest BCUT2D eigenvalue weighted by molar-refractivity contribution is 0.00235. The van der Waals surface area contributed by atoms with Gasteiger partial charge in [0.05, 0.1) is 18.2 Å². The van der Waals surface area contributed by atoms with Crippen LogP contribution in [0, 0.1) is 5.92 Å². The normalized spacial score (nSPS) is 14.5. The maximum Gasteiger partial charge on any atom is 0.124 e. The monoisotopic (exact) mass is 293 g/mol. The molecule has 0 bridgehead atoms. The van der Waals surface area contributed by atoms with Crippen LogP contribution in [-0.2, 0) is 4.74 Å². The summed E-state index contributed by atoms with van der Waals surface area (Å²) < 4.78 is 12.0. The largest absolute Gasteiger partial charge is 0.491 e. The minimum absolute atomic E-state index is 0.131. The first-order valence-electron chi connectivity index (χ1n) is 8.11. The van der Waals surface area contributed by atoms with E-state index in [2.05, 4.69) is 59.0 Å². The van der Waals surface area contributed by atoms with E-state index in [1.807, 2.05) is 12.1 Å². The minimum Gasteiger partial charge on any atom is -0.491 e. The van der Waals surface area contributed by atoms with Gasteiger partial charge in [-0.3, -0.25) is 0 Å². The molecule has 0 radical (unpaired) electrons. The van der Waals surface area contributed by atoms with Gasteiger partial charge in [-0.25, -0.2) is 0 Å². The Morgan fingerprint density at radius 1 is 1.05 bits per heavy atom. The number of likely N-dealkylation sites (N-methyl/N-ethyl adjacent to an activating group) is 1. The van der Waals surface area contributed by atoms with Gasteiger partial charge < -0.3 is 14.8 Å². The molecule has 0 aliphatic heterocycles. The Balaban J connectivity index is 3.14. The molecule has 21 heavy (non-hydrogen) atoms. The quantitative estimate of drug-likeness (QED) is 0.740. The third kappa shape index (κ3) is 5.33. The van der Waals surface area contributed by atoms with E-state index in [0.29, 0.717) is 5.92 Å². The second-order valence-electron chi connectivity index (χ2n) is 5.90. The first-order valence-corrected chi connectivity index (χ1v) is 8.11. The molecule has 1 aromatic carbocycles. The summed E-state index contributed by atoms with van der Waals surface area (Å²) in [7, 11) is 0. The number of para-hydroxylation sites is 1. The zero-order valence-electron chi connectivity index (χ0n) is 14.3. The molecule has 2 unspecified atom stereocenters. The molecule has 2 atom stereocenters. The fraction of sp³-hybridized carbons (Fsp3) is 0.667.